The van der Waals surface area contributed by atoms with E-state index in [2.05, 4.69) is 94.6 Å². The van der Waals surface area contributed by atoms with Crippen molar-refractivity contribution in [2.75, 3.05) is 25.2 Å². The topological polar surface area (TPSA) is 174 Å². The minimum absolute atomic E-state index is 0.0603. The Morgan fingerprint density at radius 2 is 1.80 bits per heavy atom. The molecule has 0 radical (unpaired) electrons. The Morgan fingerprint density at radius 3 is 2.67 bits per heavy atom. The van der Waals surface area contributed by atoms with Crippen LogP contribution < -0.4 is 35.9 Å². The fraction of sp³-hybridized carbons (Fsp3) is 0.500. The minimum atomic E-state index is -0.711. The van der Waals surface area contributed by atoms with Gasteiger partial charge in [0.2, 0.25) is 0 Å². The van der Waals surface area contributed by atoms with Crippen LogP contribution in [0.25, 0.3) is 17.2 Å². The molecule has 2 saturated heterocycles. The molecule has 1 unspecified atom stereocenters. The summed E-state index contributed by atoms with van der Waals surface area (Å²) in [6.07, 6.45) is 20.8. The van der Waals surface area contributed by atoms with Gasteiger partial charge >= 0.3 is 5.97 Å². The number of esters is 1. The summed E-state index contributed by atoms with van der Waals surface area (Å²) in [7, 11) is 5.48. The molecular weight excluding hydrogens is 1060 g/mol. The second-order valence-electron chi connectivity index (χ2n) is 25.3. The zero-order chi connectivity index (χ0) is 55.8. The van der Waals surface area contributed by atoms with Gasteiger partial charge in [-0.1, -0.05) is 94.6 Å². The first kappa shape index (κ1) is 54.1. The second kappa shape index (κ2) is 22.3. The Bertz CT molecular complexity index is 3370. The Labute approximate surface area is 490 Å². The van der Waals surface area contributed by atoms with Crippen molar-refractivity contribution >= 4 is 39.4 Å². The number of aromatic hydroxyl groups is 2. The maximum Gasteiger partial charge on any atom is 0.302 e. The number of benzene rings is 4. The number of hydrogen-bond donors (Lipinski definition) is 6. The van der Waals surface area contributed by atoms with Crippen LogP contribution in [-0.4, -0.2) is 77.6 Å². The van der Waals surface area contributed by atoms with Crippen LogP contribution in [0.15, 0.2) is 84.1 Å². The molecule has 428 valence electrons. The first-order chi connectivity index (χ1) is 40.0. The average molecular weight is 1140 g/mol. The molecule has 6 heterocycles. The van der Waals surface area contributed by atoms with Gasteiger partial charge in [0.25, 0.3) is 0 Å². The Balaban J connectivity index is 1.02. The van der Waals surface area contributed by atoms with Crippen LogP contribution in [-0.2, 0) is 39.0 Å². The van der Waals surface area contributed by atoms with Gasteiger partial charge in [0.1, 0.15) is 41.8 Å². The zero-order valence-corrected chi connectivity index (χ0v) is 48.7. The number of methoxy groups -OCH3 is 1. The van der Waals surface area contributed by atoms with Gasteiger partial charge in [-0.15, -0.1) is 0 Å². The van der Waals surface area contributed by atoms with Crippen molar-refractivity contribution in [3.05, 3.63) is 129 Å². The summed E-state index contributed by atoms with van der Waals surface area (Å²) in [4.78, 5) is 26.2. The Hall–Kier alpha value is -5.82. The number of carbonyl (C=O) groups excluding carboxylic acids is 2. The number of ether oxygens (including phenoxy) is 4. The van der Waals surface area contributed by atoms with E-state index in [1.54, 1.807) is 13.2 Å². The van der Waals surface area contributed by atoms with E-state index in [4.69, 9.17) is 24.7 Å². The van der Waals surface area contributed by atoms with E-state index in [0.29, 0.717) is 60.7 Å². The van der Waals surface area contributed by atoms with E-state index >= 15 is 0 Å². The van der Waals surface area contributed by atoms with Crippen molar-refractivity contribution in [2.24, 2.45) is 29.4 Å². The molecule has 4 aromatic rings. The number of allylic oxidation sites excluding steroid dienone is 3. The summed E-state index contributed by atoms with van der Waals surface area (Å²) >= 11 is 0. The molecule has 12 nitrogen and oxygen atoms in total. The lowest BCUT2D eigenvalue weighted by Gasteiger charge is -2.41. The molecule has 1 spiro atoms. The molecule has 13 atom stereocenters. The van der Waals surface area contributed by atoms with Gasteiger partial charge in [-0.25, -0.2) is 0 Å². The highest BCUT2D eigenvalue weighted by atomic mass is 33.1. The van der Waals surface area contributed by atoms with Gasteiger partial charge in [0, 0.05) is 101 Å². The summed E-state index contributed by atoms with van der Waals surface area (Å²) in [5.41, 5.74) is 18.1. The SMILES string of the molecule is COc1cc(O)cc2c1-c1ccc3c4c1[C@]1(CC[C@@H](C1)[C@H](CCc1ccccc1)C1=C(C#CCc5c(c6c(c(O)c5[C@H]5CC[C@@H]7CC(=O)CC[C@@H]7N5)O[C@@H]5CSSC[C@H]7CCC[C@@H](C7)N[C@H]5C=C6)[C@@H](O4)[C@H]3COC(C)=O)NC(N)C=C1)C2. The molecule has 14 heteroatoms. The van der Waals surface area contributed by atoms with Crippen molar-refractivity contribution in [1.29, 1.82) is 0 Å². The summed E-state index contributed by atoms with van der Waals surface area (Å²) < 4.78 is 27.8. The number of Topliss-reactive ketones (excluding diaryl/α,β-unsaturated/α-hetero) is 1. The van der Waals surface area contributed by atoms with Crippen LogP contribution in [0.2, 0.25) is 0 Å². The highest BCUT2D eigenvalue weighted by Crippen LogP contribution is 2.64. The van der Waals surface area contributed by atoms with Gasteiger partial charge in [-0.3, -0.25) is 9.59 Å². The van der Waals surface area contributed by atoms with Crippen molar-refractivity contribution < 1.29 is 38.7 Å². The minimum Gasteiger partial charge on any atom is -0.508 e. The molecule has 6 aliphatic heterocycles. The number of nitrogens with one attached hydrogen (secondary N) is 3. The molecule has 4 aliphatic carbocycles. The predicted octanol–water partition coefficient (Wildman–Crippen LogP) is 11.5. The number of dihydropyridines is 1. The number of phenols is 2. The third kappa shape index (κ3) is 9.91. The summed E-state index contributed by atoms with van der Waals surface area (Å²) in [6.45, 7) is 1.53. The second-order valence-corrected chi connectivity index (χ2v) is 27.9. The molecule has 82 heavy (non-hydrogen) atoms. The number of hydrogen-bond acceptors (Lipinski definition) is 14. The van der Waals surface area contributed by atoms with Crippen molar-refractivity contribution in [1.82, 2.24) is 16.0 Å². The zero-order valence-electron chi connectivity index (χ0n) is 47.1. The molecular formula is C68H76N4O8S2. The van der Waals surface area contributed by atoms with Crippen molar-refractivity contribution in [2.45, 2.75) is 164 Å². The first-order valence-electron chi connectivity index (χ1n) is 30.4. The fourth-order valence-corrected chi connectivity index (χ4v) is 19.4. The van der Waals surface area contributed by atoms with Crippen LogP contribution in [0.4, 0.5) is 0 Å². The number of fused-ring (bicyclic) bond motifs is 12. The molecule has 3 saturated carbocycles. The predicted molar refractivity (Wildman–Crippen MR) is 323 cm³/mol. The molecule has 6 bridgehead atoms. The van der Waals surface area contributed by atoms with E-state index in [1.165, 1.54) is 25.3 Å². The number of phenolic OH excluding ortho intramolecular Hbond substituents is 2. The van der Waals surface area contributed by atoms with Gasteiger partial charge in [0.15, 0.2) is 11.5 Å². The lowest BCUT2D eigenvalue weighted by Crippen LogP contribution is -2.49. The molecule has 7 N–H and O–H groups in total. The van der Waals surface area contributed by atoms with E-state index in [0.717, 1.165) is 131 Å². The molecule has 0 amide bonds. The van der Waals surface area contributed by atoms with Gasteiger partial charge in [-0.2, -0.15) is 0 Å². The number of aryl methyl sites for hydroxylation is 1. The van der Waals surface area contributed by atoms with Crippen molar-refractivity contribution in [3.63, 3.8) is 0 Å². The smallest absolute Gasteiger partial charge is 0.302 e. The van der Waals surface area contributed by atoms with E-state index in [-0.39, 0.29) is 72.5 Å². The van der Waals surface area contributed by atoms with Crippen LogP contribution in [0.3, 0.4) is 0 Å². The molecule has 14 rings (SSSR count). The van der Waals surface area contributed by atoms with Crippen LogP contribution in [0.1, 0.15) is 153 Å². The number of piperidine rings is 1. The standard InChI is InChI=1S/C68H76N4O8S2/c1-37(73)78-34-52-48-18-19-50-60-42(30-45(75)31-57(60)77-2)33-68-27-26-41(32-68)46(17-14-38-8-4-3-5-9-38)47-21-25-59(69)72-54(47)13-7-12-49-61(65(52)80-66(48)63(50)68)51-20-24-55-58(36-82-81-35-39-10-6-11-43(28-39)70-55)79-67(51)64(76)62(49)56-22-15-40-29-44(74)16-23-53(40)71-56/h3-5,8-9,18-21,24-25,30-31,39-41,43,46,52-53,55-56,58-59,65,70-72,75-76H,6,10-12,14-17,22-23,26-29,32-36,69H2,1-2H3/t39-,40+,41-,43-,46-,52-,53-,55-,56+,58+,59?,65-,68-/m0/s1. The average Bonchev–Trinajstić information content (AvgIpc) is 2.05. The van der Waals surface area contributed by atoms with Crippen LogP contribution >= 0.6 is 21.6 Å². The van der Waals surface area contributed by atoms with Crippen LogP contribution in [0, 0.1) is 35.5 Å². The largest absolute Gasteiger partial charge is 0.508 e. The maximum atomic E-state index is 13.5. The maximum absolute atomic E-state index is 13.5. The molecule has 4 aromatic carbocycles. The lowest BCUT2D eigenvalue weighted by molar-refractivity contribution is -0.142. The van der Waals surface area contributed by atoms with E-state index < -0.39 is 23.6 Å². The first-order valence-corrected chi connectivity index (χ1v) is 32.9. The van der Waals surface area contributed by atoms with Crippen molar-refractivity contribution in [3.8, 4) is 51.7 Å². The number of carbonyl (C=O) groups is 2. The van der Waals surface area contributed by atoms with Gasteiger partial charge in [-0.05, 0) is 147 Å². The summed E-state index contributed by atoms with van der Waals surface area (Å²) in [5, 5.41) is 36.7. The highest BCUT2D eigenvalue weighted by Gasteiger charge is 2.53. The number of ketones is 1. The van der Waals surface area contributed by atoms with E-state index in [9.17, 15) is 19.8 Å². The summed E-state index contributed by atoms with van der Waals surface area (Å²) in [6, 6.07) is 18.8. The van der Waals surface area contributed by atoms with E-state index in [1.807, 2.05) is 27.7 Å². The lowest BCUT2D eigenvalue weighted by atomic mass is 9.64. The molecule has 10 aliphatic rings. The number of nitrogens with two attached hydrogens (primary N) is 1. The fourth-order valence-electron chi connectivity index (χ4n) is 16.8. The third-order valence-corrected chi connectivity index (χ3v) is 23.0. The Morgan fingerprint density at radius 1 is 0.927 bits per heavy atom. The highest BCUT2D eigenvalue weighted by molar-refractivity contribution is 8.76. The van der Waals surface area contributed by atoms with Gasteiger partial charge in [0.05, 0.1) is 30.9 Å². The normalized spacial score (nSPS) is 32.1. The molecule has 0 aromatic heterocycles. The third-order valence-electron chi connectivity index (χ3n) is 20.4. The number of rotatable bonds is 7. The molecule has 5 fully saturated rings. The summed E-state index contributed by atoms with van der Waals surface area (Å²) in [5.74, 6) is 12.2. The Kier molecular flexibility index (Phi) is 14.7. The van der Waals surface area contributed by atoms with Crippen LogP contribution in [0.5, 0.6) is 28.7 Å². The monoisotopic (exact) mass is 1140 g/mol. The van der Waals surface area contributed by atoms with Gasteiger partial charge < -0.3 is 50.8 Å². The quantitative estimate of drug-likeness (QED) is 0.0586.